The van der Waals surface area contributed by atoms with Gasteiger partial charge in [-0.1, -0.05) is 79.5 Å². The van der Waals surface area contributed by atoms with E-state index in [2.05, 4.69) is 40.4 Å². The molecule has 1 aromatic rings. The number of hydrogen-bond acceptors (Lipinski definition) is 8. The Morgan fingerprint density at radius 1 is 0.900 bits per heavy atom. The number of cyclic esters (lactones) is 1. The molecule has 1 fully saturated rings. The molecule has 13 nitrogen and oxygen atoms in total. The van der Waals surface area contributed by atoms with E-state index >= 15 is 0 Å². The van der Waals surface area contributed by atoms with Crippen LogP contribution in [0.15, 0.2) is 36.0 Å². The monoisotopic (exact) mass is 699 g/mol. The fourth-order valence-corrected chi connectivity index (χ4v) is 5.87. The van der Waals surface area contributed by atoms with Crippen LogP contribution < -0.4 is 26.6 Å². The van der Waals surface area contributed by atoms with Crippen molar-refractivity contribution in [2.24, 2.45) is 23.7 Å². The second-order valence-electron chi connectivity index (χ2n) is 14.2. The molecule has 5 amide bonds. The number of ether oxygens (including phenoxy) is 1. The van der Waals surface area contributed by atoms with Crippen LogP contribution in [0.4, 0.5) is 0 Å². The van der Waals surface area contributed by atoms with E-state index < -0.39 is 77.6 Å². The molecule has 1 saturated heterocycles. The van der Waals surface area contributed by atoms with E-state index in [9.17, 15) is 33.9 Å². The normalized spacial score (nSPS) is 24.9. The summed E-state index contributed by atoms with van der Waals surface area (Å²) < 4.78 is 5.65. The summed E-state index contributed by atoms with van der Waals surface area (Å²) in [4.78, 5) is 81.9. The maximum absolute atomic E-state index is 13.9. The zero-order chi connectivity index (χ0) is 37.7. The number of carbonyl (C=O) groups is 6. The van der Waals surface area contributed by atoms with Gasteiger partial charge in [0, 0.05) is 12.3 Å². The van der Waals surface area contributed by atoms with Gasteiger partial charge < -0.3 is 36.4 Å². The standard InChI is InChI=1S/C37H57N5O8/c1-10-12-22(7)18-23(8)32(44)42-31-24(9)50-37(49)27(11-2)38-33(45)29(19-25-13-15-26(43)16-14-25)40-35(47)30(21(5)6)41-34(46)28(17-20(3)4)39-36(31)48/h11,13-16,20-24,28-31,43H,10,12,17-19H2,1-9H3,(H,38,45)(H,39,48)(H,40,47)(H,41,46)(H,42,44). The van der Waals surface area contributed by atoms with Crippen molar-refractivity contribution in [3.63, 3.8) is 0 Å². The highest BCUT2D eigenvalue weighted by Crippen LogP contribution is 2.18. The minimum Gasteiger partial charge on any atom is -0.508 e. The molecule has 1 aliphatic rings. The van der Waals surface area contributed by atoms with Crippen LogP contribution in [-0.4, -0.2) is 70.9 Å². The minimum absolute atomic E-state index is 0.00570. The number of rotatable bonds is 11. The van der Waals surface area contributed by atoms with Gasteiger partial charge in [0.2, 0.25) is 29.5 Å². The molecule has 2 rings (SSSR count). The van der Waals surface area contributed by atoms with Crippen molar-refractivity contribution < 1.29 is 38.6 Å². The summed E-state index contributed by atoms with van der Waals surface area (Å²) in [6.45, 7) is 16.1. The first kappa shape index (κ1) is 41.7. The molecule has 13 heteroatoms. The number of amides is 5. The molecule has 6 N–H and O–H groups in total. The summed E-state index contributed by atoms with van der Waals surface area (Å²) in [6, 6.07) is 1.31. The number of benzene rings is 1. The molecule has 7 unspecified atom stereocenters. The number of hydrogen-bond donors (Lipinski definition) is 6. The van der Waals surface area contributed by atoms with E-state index in [0.717, 1.165) is 12.8 Å². The largest absolute Gasteiger partial charge is 0.508 e. The molecule has 50 heavy (non-hydrogen) atoms. The van der Waals surface area contributed by atoms with Crippen molar-refractivity contribution >= 4 is 35.5 Å². The average molecular weight is 700 g/mol. The van der Waals surface area contributed by atoms with Crippen LogP contribution in [-0.2, 0) is 39.9 Å². The molecule has 1 heterocycles. The van der Waals surface area contributed by atoms with Crippen molar-refractivity contribution in [1.82, 2.24) is 26.6 Å². The maximum Gasteiger partial charge on any atom is 0.354 e. The van der Waals surface area contributed by atoms with Crippen LogP contribution in [0.25, 0.3) is 0 Å². The Kier molecular flexibility index (Phi) is 16.4. The number of carbonyl (C=O) groups excluding carboxylic acids is 6. The fourth-order valence-electron chi connectivity index (χ4n) is 5.87. The molecule has 278 valence electrons. The average Bonchev–Trinajstić information content (AvgIpc) is 3.03. The van der Waals surface area contributed by atoms with Gasteiger partial charge in [-0.3, -0.25) is 24.0 Å². The van der Waals surface area contributed by atoms with E-state index in [1.54, 1.807) is 32.9 Å². The summed E-state index contributed by atoms with van der Waals surface area (Å²) in [7, 11) is 0. The zero-order valence-corrected chi connectivity index (χ0v) is 30.9. The van der Waals surface area contributed by atoms with Gasteiger partial charge in [-0.15, -0.1) is 0 Å². The highest BCUT2D eigenvalue weighted by molar-refractivity contribution is 5.99. The van der Waals surface area contributed by atoms with Gasteiger partial charge in [0.05, 0.1) is 0 Å². The molecule has 0 radical (unpaired) electrons. The predicted octanol–water partition coefficient (Wildman–Crippen LogP) is 3.00. The van der Waals surface area contributed by atoms with Gasteiger partial charge in [0.1, 0.15) is 41.7 Å². The SMILES string of the molecule is CC=C1NC(=O)C(Cc2ccc(O)cc2)NC(=O)C(C(C)C)NC(=O)C(CC(C)C)NC(=O)C(NC(=O)C(C)CC(C)CCC)C(C)OC1=O. The number of aromatic hydroxyl groups is 1. The molecule has 0 aromatic heterocycles. The Morgan fingerprint density at radius 2 is 1.52 bits per heavy atom. The molecule has 0 bridgehead atoms. The van der Waals surface area contributed by atoms with Crippen molar-refractivity contribution in [3.8, 4) is 5.75 Å². The van der Waals surface area contributed by atoms with E-state index in [0.29, 0.717) is 12.0 Å². The summed E-state index contributed by atoms with van der Waals surface area (Å²) in [5.74, 6) is -4.78. The van der Waals surface area contributed by atoms with Gasteiger partial charge in [0.15, 0.2) is 0 Å². The van der Waals surface area contributed by atoms with Crippen LogP contribution >= 0.6 is 0 Å². The molecular formula is C37H57N5O8. The topological polar surface area (TPSA) is 192 Å². The Bertz CT molecular complexity index is 1380. The highest BCUT2D eigenvalue weighted by atomic mass is 16.5. The number of esters is 1. The van der Waals surface area contributed by atoms with Gasteiger partial charge in [-0.2, -0.15) is 0 Å². The zero-order valence-electron chi connectivity index (χ0n) is 30.9. The van der Waals surface area contributed by atoms with Crippen molar-refractivity contribution in [2.75, 3.05) is 0 Å². The van der Waals surface area contributed by atoms with Crippen LogP contribution in [0.3, 0.4) is 0 Å². The second-order valence-corrected chi connectivity index (χ2v) is 14.2. The third kappa shape index (κ3) is 12.8. The van der Waals surface area contributed by atoms with Crippen molar-refractivity contribution in [1.29, 1.82) is 0 Å². The van der Waals surface area contributed by atoms with E-state index in [4.69, 9.17) is 4.74 Å². The van der Waals surface area contributed by atoms with Crippen molar-refractivity contribution in [2.45, 2.75) is 125 Å². The van der Waals surface area contributed by atoms with Gasteiger partial charge in [-0.25, -0.2) is 4.79 Å². The molecule has 0 spiro atoms. The van der Waals surface area contributed by atoms with Crippen molar-refractivity contribution in [3.05, 3.63) is 41.6 Å². The Balaban J connectivity index is 2.58. The third-order valence-corrected chi connectivity index (χ3v) is 8.69. The smallest absolute Gasteiger partial charge is 0.354 e. The lowest BCUT2D eigenvalue weighted by molar-refractivity contribution is -0.150. The summed E-state index contributed by atoms with van der Waals surface area (Å²) in [6.07, 6.45) is 2.80. The van der Waals surface area contributed by atoms with Crippen LogP contribution in [0.5, 0.6) is 5.75 Å². The molecular weight excluding hydrogens is 642 g/mol. The van der Waals surface area contributed by atoms with Crippen LogP contribution in [0.2, 0.25) is 0 Å². The Morgan fingerprint density at radius 3 is 2.08 bits per heavy atom. The highest BCUT2D eigenvalue weighted by Gasteiger charge is 2.37. The maximum atomic E-state index is 13.9. The van der Waals surface area contributed by atoms with E-state index in [-0.39, 0.29) is 36.1 Å². The lowest BCUT2D eigenvalue weighted by Crippen LogP contribution is -2.61. The number of allylic oxidation sites excluding steroid dienone is 1. The van der Waals surface area contributed by atoms with E-state index in [1.807, 2.05) is 13.8 Å². The van der Waals surface area contributed by atoms with Gasteiger partial charge in [0.25, 0.3) is 0 Å². The summed E-state index contributed by atoms with van der Waals surface area (Å²) in [5, 5.41) is 23.2. The Labute approximate surface area is 296 Å². The lowest BCUT2D eigenvalue weighted by Gasteiger charge is -2.31. The Hall–Kier alpha value is -4.42. The third-order valence-electron chi connectivity index (χ3n) is 8.69. The predicted molar refractivity (Wildman–Crippen MR) is 189 cm³/mol. The fraction of sp³-hybridized carbons (Fsp3) is 0.622. The van der Waals surface area contributed by atoms with Crippen LogP contribution in [0.1, 0.15) is 93.6 Å². The first-order valence-corrected chi connectivity index (χ1v) is 17.6. The summed E-state index contributed by atoms with van der Waals surface area (Å²) in [5.41, 5.74) is 0.371. The first-order chi connectivity index (χ1) is 23.5. The molecule has 1 aliphatic heterocycles. The van der Waals surface area contributed by atoms with Gasteiger partial charge in [-0.05, 0) is 62.1 Å². The second kappa shape index (κ2) is 19.7. The quantitative estimate of drug-likeness (QED) is 0.150. The van der Waals surface area contributed by atoms with E-state index in [1.165, 1.54) is 32.1 Å². The lowest BCUT2D eigenvalue weighted by atomic mass is 9.93. The number of nitrogens with one attached hydrogen (secondary N) is 5. The first-order valence-electron chi connectivity index (χ1n) is 17.6. The van der Waals surface area contributed by atoms with Crippen LogP contribution in [0, 0.1) is 23.7 Å². The molecule has 0 aliphatic carbocycles. The number of phenolic OH excluding ortho intramolecular Hbond substituents is 1. The van der Waals surface area contributed by atoms with Gasteiger partial charge >= 0.3 is 5.97 Å². The summed E-state index contributed by atoms with van der Waals surface area (Å²) >= 11 is 0. The molecule has 0 saturated carbocycles. The molecule has 1 aromatic carbocycles. The molecule has 7 atom stereocenters. The number of phenols is 1. The minimum atomic E-state index is -1.38.